The first-order valence-electron chi connectivity index (χ1n) is 7.32. The molecular formula is C17H12ClN3O5. The summed E-state index contributed by atoms with van der Waals surface area (Å²) in [5, 5.41) is 14.0. The number of ether oxygens (including phenoxy) is 2. The Balaban J connectivity index is 2.05. The average molecular weight is 374 g/mol. The number of anilines is 1. The molecule has 8 nitrogen and oxygen atoms in total. The third-order valence-electron chi connectivity index (χ3n) is 3.58. The normalized spacial score (nSPS) is 10.4. The van der Waals surface area contributed by atoms with Crippen molar-refractivity contribution >= 4 is 40.3 Å². The Hall–Kier alpha value is -3.39. The van der Waals surface area contributed by atoms with Crippen molar-refractivity contribution < 1.29 is 19.2 Å². The monoisotopic (exact) mass is 373 g/mol. The number of hydrogen-bond donors (Lipinski definition) is 1. The second kappa shape index (κ2) is 7.24. The zero-order chi connectivity index (χ0) is 18.7. The Morgan fingerprint density at radius 2 is 2.04 bits per heavy atom. The molecule has 0 atom stereocenters. The number of benzene rings is 2. The van der Waals surface area contributed by atoms with Crippen LogP contribution in [-0.2, 0) is 4.79 Å². The number of nitrogens with one attached hydrogen (secondary N) is 1. The summed E-state index contributed by atoms with van der Waals surface area (Å²) in [4.78, 5) is 25.3. The van der Waals surface area contributed by atoms with Crippen molar-refractivity contribution in [3.05, 3.63) is 57.7 Å². The van der Waals surface area contributed by atoms with Crippen molar-refractivity contribution in [1.82, 2.24) is 4.98 Å². The lowest BCUT2D eigenvalue weighted by molar-refractivity contribution is -0.384. The minimum absolute atomic E-state index is 0.0316. The van der Waals surface area contributed by atoms with Gasteiger partial charge in [0.25, 0.3) is 5.69 Å². The van der Waals surface area contributed by atoms with E-state index in [1.807, 2.05) is 0 Å². The van der Waals surface area contributed by atoms with Crippen molar-refractivity contribution in [1.29, 1.82) is 0 Å². The van der Waals surface area contributed by atoms with Gasteiger partial charge in [0.05, 0.1) is 23.2 Å². The number of hydrogen-bond acceptors (Lipinski definition) is 6. The molecule has 0 fully saturated rings. The van der Waals surface area contributed by atoms with Crippen LogP contribution in [0.25, 0.3) is 10.9 Å². The highest BCUT2D eigenvalue weighted by atomic mass is 35.5. The van der Waals surface area contributed by atoms with Gasteiger partial charge in [0, 0.05) is 29.8 Å². The molecule has 3 aromatic rings. The summed E-state index contributed by atoms with van der Waals surface area (Å²) in [5.41, 5.74) is 0.833. The van der Waals surface area contributed by atoms with Crippen molar-refractivity contribution in [3.8, 4) is 17.2 Å². The van der Waals surface area contributed by atoms with Gasteiger partial charge in [0.1, 0.15) is 22.3 Å². The van der Waals surface area contributed by atoms with Crippen LogP contribution in [0.1, 0.15) is 0 Å². The number of nitro groups is 1. The van der Waals surface area contributed by atoms with E-state index in [1.165, 1.54) is 25.3 Å². The second-order valence-corrected chi connectivity index (χ2v) is 5.52. The van der Waals surface area contributed by atoms with Crippen molar-refractivity contribution in [3.63, 3.8) is 0 Å². The van der Waals surface area contributed by atoms with Crippen LogP contribution in [0.15, 0.2) is 42.6 Å². The summed E-state index contributed by atoms with van der Waals surface area (Å²) in [5.74, 6) is 1.22. The molecule has 9 heteroatoms. The molecule has 3 rings (SSSR count). The number of nitro benzene ring substituents is 1. The average Bonchev–Trinajstić information content (AvgIpc) is 2.61. The van der Waals surface area contributed by atoms with Crippen molar-refractivity contribution in [2.45, 2.75) is 0 Å². The van der Waals surface area contributed by atoms with Gasteiger partial charge in [-0.1, -0.05) is 11.6 Å². The van der Waals surface area contributed by atoms with Crippen molar-refractivity contribution in [2.24, 2.45) is 0 Å². The SMILES string of the molecule is COc1cc2nccc(Oc3ccc([N+](=O)[O-])c(Cl)c3)c2cc1NC=O. The quantitative estimate of drug-likeness (QED) is 0.395. The Morgan fingerprint density at radius 3 is 2.69 bits per heavy atom. The molecule has 0 unspecified atom stereocenters. The fourth-order valence-corrected chi connectivity index (χ4v) is 2.65. The standard InChI is InChI=1S/C17H12ClN3O5/c1-25-17-8-13-11(7-14(17)20-9-22)16(4-5-19-13)26-10-2-3-15(21(23)24)12(18)6-10/h2-9H,1H3,(H,20,22). The van der Waals surface area contributed by atoms with Crippen LogP contribution in [0.2, 0.25) is 5.02 Å². The van der Waals surface area contributed by atoms with Crippen LogP contribution in [0.5, 0.6) is 17.2 Å². The van der Waals surface area contributed by atoms with Crippen LogP contribution in [0.3, 0.4) is 0 Å². The zero-order valence-corrected chi connectivity index (χ0v) is 14.2. The lowest BCUT2D eigenvalue weighted by atomic mass is 10.1. The number of aromatic nitrogens is 1. The number of methoxy groups -OCH3 is 1. The molecule has 0 aliphatic rings. The Kier molecular flexibility index (Phi) is 4.85. The van der Waals surface area contributed by atoms with Crippen LogP contribution in [0.4, 0.5) is 11.4 Å². The summed E-state index contributed by atoms with van der Waals surface area (Å²) >= 11 is 5.92. The maximum absolute atomic E-state index is 10.9. The highest BCUT2D eigenvalue weighted by Crippen LogP contribution is 2.37. The number of rotatable bonds is 6. The van der Waals surface area contributed by atoms with Gasteiger partial charge >= 0.3 is 0 Å². The molecule has 0 aliphatic heterocycles. The van der Waals surface area contributed by atoms with Crippen LogP contribution >= 0.6 is 11.6 Å². The highest BCUT2D eigenvalue weighted by molar-refractivity contribution is 6.32. The van der Waals surface area contributed by atoms with E-state index in [-0.39, 0.29) is 10.7 Å². The molecule has 0 saturated carbocycles. The van der Waals surface area contributed by atoms with Gasteiger partial charge in [-0.25, -0.2) is 0 Å². The first kappa shape index (κ1) is 17.4. The van der Waals surface area contributed by atoms with E-state index >= 15 is 0 Å². The lowest BCUT2D eigenvalue weighted by Gasteiger charge is -2.12. The van der Waals surface area contributed by atoms with Gasteiger partial charge in [-0.15, -0.1) is 0 Å². The fourth-order valence-electron chi connectivity index (χ4n) is 2.41. The van der Waals surface area contributed by atoms with Gasteiger partial charge < -0.3 is 14.8 Å². The first-order chi connectivity index (χ1) is 12.5. The predicted octanol–water partition coefficient (Wildman–Crippen LogP) is 4.17. The Labute approximate surface area is 152 Å². The first-order valence-corrected chi connectivity index (χ1v) is 7.70. The van der Waals surface area contributed by atoms with Gasteiger partial charge in [-0.05, 0) is 18.2 Å². The number of nitrogens with zero attached hydrogens (tertiary/aromatic N) is 2. The maximum Gasteiger partial charge on any atom is 0.288 e. The molecule has 0 saturated heterocycles. The van der Waals surface area contributed by atoms with Gasteiger partial charge in [0.2, 0.25) is 6.41 Å². The topological polar surface area (TPSA) is 104 Å². The molecule has 0 aliphatic carbocycles. The largest absolute Gasteiger partial charge is 0.494 e. The number of pyridine rings is 1. The predicted molar refractivity (Wildman–Crippen MR) is 96.2 cm³/mol. The molecule has 2 aromatic carbocycles. The van der Waals surface area contributed by atoms with Crippen LogP contribution in [0, 0.1) is 10.1 Å². The molecule has 132 valence electrons. The molecular weight excluding hydrogens is 362 g/mol. The van der Waals surface area contributed by atoms with Gasteiger partial charge in [-0.2, -0.15) is 0 Å². The smallest absolute Gasteiger partial charge is 0.288 e. The molecule has 1 amide bonds. The van der Waals surface area contributed by atoms with E-state index in [1.54, 1.807) is 24.4 Å². The minimum atomic E-state index is -0.572. The number of halogens is 1. The van der Waals surface area contributed by atoms with E-state index < -0.39 is 4.92 Å². The van der Waals surface area contributed by atoms with Crippen LogP contribution in [-0.4, -0.2) is 23.4 Å². The number of fused-ring (bicyclic) bond motifs is 1. The zero-order valence-electron chi connectivity index (χ0n) is 13.4. The summed E-state index contributed by atoms with van der Waals surface area (Å²) < 4.78 is 11.0. The van der Waals surface area contributed by atoms with Gasteiger partial charge in [-0.3, -0.25) is 19.9 Å². The van der Waals surface area contributed by atoms with Gasteiger partial charge in [0.15, 0.2) is 0 Å². The van der Waals surface area contributed by atoms with E-state index in [0.717, 1.165) is 0 Å². The van der Waals surface area contributed by atoms with E-state index in [9.17, 15) is 14.9 Å². The van der Waals surface area contributed by atoms with E-state index in [4.69, 9.17) is 21.1 Å². The van der Waals surface area contributed by atoms with E-state index in [0.29, 0.717) is 40.2 Å². The fraction of sp³-hybridized carbons (Fsp3) is 0.0588. The molecule has 1 heterocycles. The number of carbonyl (C=O) groups excluding carboxylic acids is 1. The number of carbonyl (C=O) groups is 1. The van der Waals surface area contributed by atoms with Crippen LogP contribution < -0.4 is 14.8 Å². The van der Waals surface area contributed by atoms with E-state index in [2.05, 4.69) is 10.3 Å². The molecule has 0 spiro atoms. The molecule has 1 aromatic heterocycles. The number of amides is 1. The summed E-state index contributed by atoms with van der Waals surface area (Å²) in [6.07, 6.45) is 2.09. The maximum atomic E-state index is 10.9. The Morgan fingerprint density at radius 1 is 1.23 bits per heavy atom. The third-order valence-corrected chi connectivity index (χ3v) is 3.88. The second-order valence-electron chi connectivity index (χ2n) is 5.11. The summed E-state index contributed by atoms with van der Waals surface area (Å²) in [6, 6.07) is 9.04. The molecule has 0 radical (unpaired) electrons. The molecule has 0 bridgehead atoms. The minimum Gasteiger partial charge on any atom is -0.494 e. The lowest BCUT2D eigenvalue weighted by Crippen LogP contribution is -1.98. The van der Waals surface area contributed by atoms with Crippen molar-refractivity contribution in [2.75, 3.05) is 12.4 Å². The summed E-state index contributed by atoms with van der Waals surface area (Å²) in [6.45, 7) is 0. The Bertz CT molecular complexity index is 1010. The third kappa shape index (κ3) is 3.35. The summed E-state index contributed by atoms with van der Waals surface area (Å²) in [7, 11) is 1.48. The molecule has 26 heavy (non-hydrogen) atoms. The highest BCUT2D eigenvalue weighted by Gasteiger charge is 2.15. The molecule has 1 N–H and O–H groups in total.